The summed E-state index contributed by atoms with van der Waals surface area (Å²) in [5.41, 5.74) is 4.51. The van der Waals surface area contributed by atoms with Crippen molar-refractivity contribution < 1.29 is 19.1 Å². The largest absolute Gasteiger partial charge is 0.493 e. The van der Waals surface area contributed by atoms with Gasteiger partial charge in [-0.05, 0) is 53.4 Å². The fraction of sp³-hybridized carbons (Fsp3) is 0.286. The molecule has 2 amide bonds. The maximum Gasteiger partial charge on any atom is 0.255 e. The highest BCUT2D eigenvalue weighted by molar-refractivity contribution is 5.99. The summed E-state index contributed by atoms with van der Waals surface area (Å²) in [6.07, 6.45) is 1.08. The van der Waals surface area contributed by atoms with E-state index in [0.717, 1.165) is 23.2 Å². The lowest BCUT2D eigenvalue weighted by Gasteiger charge is -2.30. The Kier molecular flexibility index (Phi) is 6.87. The van der Waals surface area contributed by atoms with E-state index in [1.807, 2.05) is 66.7 Å². The second-order valence-corrected chi connectivity index (χ2v) is 8.40. The normalized spacial score (nSPS) is 13.4. The molecule has 1 atom stereocenters. The predicted octanol–water partition coefficient (Wildman–Crippen LogP) is 5.02. The zero-order valence-electron chi connectivity index (χ0n) is 20.1. The number of methoxy groups -OCH3 is 2. The molecule has 0 saturated carbocycles. The van der Waals surface area contributed by atoms with Gasteiger partial charge in [-0.3, -0.25) is 9.59 Å². The monoisotopic (exact) mass is 458 g/mol. The van der Waals surface area contributed by atoms with Crippen LogP contribution in [0.5, 0.6) is 11.5 Å². The van der Waals surface area contributed by atoms with E-state index in [9.17, 15) is 9.59 Å². The van der Waals surface area contributed by atoms with Crippen molar-refractivity contribution in [1.82, 2.24) is 4.90 Å². The molecule has 1 aliphatic heterocycles. The Bertz CT molecular complexity index is 1190. The van der Waals surface area contributed by atoms with Crippen molar-refractivity contribution in [2.45, 2.75) is 32.4 Å². The Balaban J connectivity index is 1.67. The molecule has 6 nitrogen and oxygen atoms in total. The average molecular weight is 459 g/mol. The SMILES string of the molecule is CCc1ccc(N(C)C(=O)CC(c2ccc(OC)c(OC)c2)N2Cc3ccccc3C2=O)cc1. The van der Waals surface area contributed by atoms with Crippen molar-refractivity contribution in [2.24, 2.45) is 0 Å². The number of aryl methyl sites for hydroxylation is 1. The van der Waals surface area contributed by atoms with Crippen LogP contribution < -0.4 is 14.4 Å². The number of carbonyl (C=O) groups excluding carboxylic acids is 2. The lowest BCUT2D eigenvalue weighted by Crippen LogP contribution is -2.35. The van der Waals surface area contributed by atoms with E-state index in [1.54, 1.807) is 31.1 Å². The highest BCUT2D eigenvalue weighted by Crippen LogP contribution is 2.37. The van der Waals surface area contributed by atoms with Gasteiger partial charge in [0.05, 0.1) is 26.7 Å². The Hall–Kier alpha value is -3.80. The van der Waals surface area contributed by atoms with Crippen molar-refractivity contribution >= 4 is 17.5 Å². The van der Waals surface area contributed by atoms with Crippen LogP contribution in [0.3, 0.4) is 0 Å². The standard InChI is InChI=1S/C28H30N2O4/c1-5-19-10-13-22(14-11-19)29(2)27(31)17-24(20-12-15-25(33-3)26(16-20)34-4)30-18-21-8-6-7-9-23(21)28(30)32/h6-16,24H,5,17-18H2,1-4H3. The Labute approximate surface area is 200 Å². The first kappa shape index (κ1) is 23.4. The van der Waals surface area contributed by atoms with Crippen molar-refractivity contribution in [3.05, 3.63) is 89.0 Å². The van der Waals surface area contributed by atoms with E-state index < -0.39 is 6.04 Å². The number of nitrogens with zero attached hydrogens (tertiary/aromatic N) is 2. The molecule has 0 N–H and O–H groups in total. The molecular formula is C28H30N2O4. The van der Waals surface area contributed by atoms with E-state index >= 15 is 0 Å². The van der Waals surface area contributed by atoms with E-state index in [-0.39, 0.29) is 18.2 Å². The number of rotatable bonds is 8. The van der Waals surface area contributed by atoms with Gasteiger partial charge < -0.3 is 19.3 Å². The Morgan fingerprint density at radius 3 is 2.35 bits per heavy atom. The van der Waals surface area contributed by atoms with Gasteiger partial charge in [-0.2, -0.15) is 0 Å². The van der Waals surface area contributed by atoms with Crippen LogP contribution in [-0.4, -0.2) is 38.0 Å². The molecule has 0 radical (unpaired) electrons. The molecule has 0 aromatic heterocycles. The van der Waals surface area contributed by atoms with Crippen LogP contribution in [0.15, 0.2) is 66.7 Å². The summed E-state index contributed by atoms with van der Waals surface area (Å²) in [5, 5.41) is 0. The van der Waals surface area contributed by atoms with Crippen LogP contribution in [0.2, 0.25) is 0 Å². The van der Waals surface area contributed by atoms with E-state index in [1.165, 1.54) is 5.56 Å². The van der Waals surface area contributed by atoms with Crippen molar-refractivity contribution in [2.75, 3.05) is 26.2 Å². The summed E-state index contributed by atoms with van der Waals surface area (Å²) in [6.45, 7) is 2.55. The minimum atomic E-state index is -0.454. The molecule has 3 aromatic carbocycles. The molecule has 34 heavy (non-hydrogen) atoms. The van der Waals surface area contributed by atoms with Crippen LogP contribution >= 0.6 is 0 Å². The average Bonchev–Trinajstić information content (AvgIpc) is 3.22. The van der Waals surface area contributed by atoms with Gasteiger partial charge in [0.25, 0.3) is 5.91 Å². The second-order valence-electron chi connectivity index (χ2n) is 8.40. The maximum atomic E-state index is 13.4. The lowest BCUT2D eigenvalue weighted by atomic mass is 10.00. The molecule has 1 unspecified atom stereocenters. The smallest absolute Gasteiger partial charge is 0.255 e. The third-order valence-electron chi connectivity index (χ3n) is 6.49. The fourth-order valence-electron chi connectivity index (χ4n) is 4.40. The molecule has 0 bridgehead atoms. The Morgan fingerprint density at radius 2 is 1.71 bits per heavy atom. The van der Waals surface area contributed by atoms with Crippen molar-refractivity contribution in [3.8, 4) is 11.5 Å². The summed E-state index contributed by atoms with van der Waals surface area (Å²) < 4.78 is 10.9. The van der Waals surface area contributed by atoms with Gasteiger partial charge in [0.1, 0.15) is 0 Å². The van der Waals surface area contributed by atoms with Gasteiger partial charge in [-0.1, -0.05) is 43.3 Å². The highest BCUT2D eigenvalue weighted by atomic mass is 16.5. The summed E-state index contributed by atoms with van der Waals surface area (Å²) in [4.78, 5) is 30.2. The minimum absolute atomic E-state index is 0.0712. The Morgan fingerprint density at radius 1 is 1.00 bits per heavy atom. The van der Waals surface area contributed by atoms with Crippen LogP contribution in [0, 0.1) is 0 Å². The first-order valence-electron chi connectivity index (χ1n) is 11.4. The van der Waals surface area contributed by atoms with Crippen LogP contribution in [-0.2, 0) is 17.8 Å². The number of fused-ring (bicyclic) bond motifs is 1. The van der Waals surface area contributed by atoms with Gasteiger partial charge in [0.15, 0.2) is 11.5 Å². The van der Waals surface area contributed by atoms with Crippen molar-refractivity contribution in [1.29, 1.82) is 0 Å². The number of benzene rings is 3. The quantitative estimate of drug-likeness (QED) is 0.476. The minimum Gasteiger partial charge on any atom is -0.493 e. The van der Waals surface area contributed by atoms with E-state index in [2.05, 4.69) is 6.92 Å². The molecular weight excluding hydrogens is 428 g/mol. The first-order valence-corrected chi connectivity index (χ1v) is 11.4. The van der Waals surface area contributed by atoms with Crippen molar-refractivity contribution in [3.63, 3.8) is 0 Å². The number of ether oxygens (including phenoxy) is 2. The van der Waals surface area contributed by atoms with Crippen LogP contribution in [0.25, 0.3) is 0 Å². The molecule has 4 rings (SSSR count). The topological polar surface area (TPSA) is 59.1 Å². The van der Waals surface area contributed by atoms with E-state index in [4.69, 9.17) is 9.47 Å². The van der Waals surface area contributed by atoms with Gasteiger partial charge in [-0.15, -0.1) is 0 Å². The summed E-state index contributed by atoms with van der Waals surface area (Å²) >= 11 is 0. The number of amides is 2. The molecule has 3 aromatic rings. The lowest BCUT2D eigenvalue weighted by molar-refractivity contribution is -0.119. The molecule has 0 spiro atoms. The molecule has 6 heteroatoms. The zero-order valence-corrected chi connectivity index (χ0v) is 20.1. The third kappa shape index (κ3) is 4.49. The number of anilines is 1. The maximum absolute atomic E-state index is 13.4. The molecule has 1 aliphatic rings. The highest BCUT2D eigenvalue weighted by Gasteiger charge is 2.35. The van der Waals surface area contributed by atoms with Crippen LogP contribution in [0.4, 0.5) is 5.69 Å². The van der Waals surface area contributed by atoms with Gasteiger partial charge >= 0.3 is 0 Å². The molecule has 1 heterocycles. The molecule has 0 aliphatic carbocycles. The predicted molar refractivity (Wildman–Crippen MR) is 132 cm³/mol. The van der Waals surface area contributed by atoms with Gasteiger partial charge in [-0.25, -0.2) is 0 Å². The molecule has 0 fully saturated rings. The fourth-order valence-corrected chi connectivity index (χ4v) is 4.40. The summed E-state index contributed by atoms with van der Waals surface area (Å²) in [6, 6.07) is 20.7. The third-order valence-corrected chi connectivity index (χ3v) is 6.49. The summed E-state index contributed by atoms with van der Waals surface area (Å²) in [5.74, 6) is 1.01. The zero-order chi connectivity index (χ0) is 24.2. The molecule has 176 valence electrons. The second kappa shape index (κ2) is 10.00. The first-order chi connectivity index (χ1) is 16.5. The molecule has 0 saturated heterocycles. The van der Waals surface area contributed by atoms with Crippen LogP contribution in [0.1, 0.15) is 46.4 Å². The van der Waals surface area contributed by atoms with E-state index in [0.29, 0.717) is 23.6 Å². The summed E-state index contributed by atoms with van der Waals surface area (Å²) in [7, 11) is 4.93. The van der Waals surface area contributed by atoms with Gasteiger partial charge in [0.2, 0.25) is 5.91 Å². The number of hydrogen-bond donors (Lipinski definition) is 0. The number of carbonyl (C=O) groups is 2. The number of hydrogen-bond acceptors (Lipinski definition) is 4. The van der Waals surface area contributed by atoms with Gasteiger partial charge in [0, 0.05) is 24.8 Å².